The summed E-state index contributed by atoms with van der Waals surface area (Å²) in [6, 6.07) is 12.2. The first-order valence-electron chi connectivity index (χ1n) is 8.32. The summed E-state index contributed by atoms with van der Waals surface area (Å²) >= 11 is 5.94. The second kappa shape index (κ2) is 8.10. The predicted molar refractivity (Wildman–Crippen MR) is 109 cm³/mol. The van der Waals surface area contributed by atoms with E-state index in [0.717, 1.165) is 29.1 Å². The Bertz CT molecular complexity index is 1250. The molecule has 0 unspecified atom stereocenters. The monoisotopic (exact) mass is 436 g/mol. The van der Waals surface area contributed by atoms with Gasteiger partial charge in [0.15, 0.2) is 5.69 Å². The van der Waals surface area contributed by atoms with E-state index in [4.69, 9.17) is 11.6 Å². The molecular weight excluding hydrogens is 423 g/mol. The van der Waals surface area contributed by atoms with Crippen molar-refractivity contribution in [2.24, 2.45) is 10.2 Å². The van der Waals surface area contributed by atoms with E-state index in [0.29, 0.717) is 11.8 Å². The molecule has 0 aromatic heterocycles. The van der Waals surface area contributed by atoms with Crippen LogP contribution in [0.1, 0.15) is 6.92 Å². The van der Waals surface area contributed by atoms with Crippen LogP contribution in [-0.2, 0) is 10.2 Å². The molecule has 0 aliphatic carbocycles. The SMILES string of the molecule is CCNc1ccc(/N=N/c2c(Cl)cc(S(=O)(=O)F)cc2[N+](=O)[O-])c2ccccc12. The lowest BCUT2D eigenvalue weighted by Crippen LogP contribution is -1.97. The zero-order valence-electron chi connectivity index (χ0n) is 15.0. The van der Waals surface area contributed by atoms with Crippen molar-refractivity contribution in [2.45, 2.75) is 11.8 Å². The summed E-state index contributed by atoms with van der Waals surface area (Å²) in [6.07, 6.45) is 0. The molecule has 0 atom stereocenters. The summed E-state index contributed by atoms with van der Waals surface area (Å²) in [5.41, 5.74) is 0.174. The summed E-state index contributed by atoms with van der Waals surface area (Å²) in [7, 11) is -5.17. The van der Waals surface area contributed by atoms with Crippen LogP contribution in [-0.4, -0.2) is 19.9 Å². The fourth-order valence-electron chi connectivity index (χ4n) is 2.76. The Kier molecular flexibility index (Phi) is 5.76. The number of nitrogens with one attached hydrogen (secondary N) is 1. The van der Waals surface area contributed by atoms with E-state index in [9.17, 15) is 22.4 Å². The van der Waals surface area contributed by atoms with Crippen LogP contribution in [0.5, 0.6) is 0 Å². The molecule has 0 heterocycles. The van der Waals surface area contributed by atoms with Crippen LogP contribution in [0.2, 0.25) is 5.02 Å². The summed E-state index contributed by atoms with van der Waals surface area (Å²) in [5, 5.41) is 23.7. The third kappa shape index (κ3) is 4.33. The summed E-state index contributed by atoms with van der Waals surface area (Å²) in [4.78, 5) is 9.49. The number of hydrogen-bond donors (Lipinski definition) is 1. The van der Waals surface area contributed by atoms with Crippen LogP contribution in [0.4, 0.5) is 26.6 Å². The van der Waals surface area contributed by atoms with E-state index in [-0.39, 0.29) is 5.69 Å². The van der Waals surface area contributed by atoms with Crippen LogP contribution in [0.25, 0.3) is 10.8 Å². The van der Waals surface area contributed by atoms with Crippen molar-refractivity contribution in [3.8, 4) is 0 Å². The van der Waals surface area contributed by atoms with E-state index in [1.54, 1.807) is 12.1 Å². The van der Waals surface area contributed by atoms with Crippen molar-refractivity contribution < 1.29 is 17.2 Å². The molecule has 0 saturated heterocycles. The van der Waals surface area contributed by atoms with Crippen molar-refractivity contribution >= 4 is 55.3 Å². The number of azo groups is 1. The van der Waals surface area contributed by atoms with Gasteiger partial charge in [0.2, 0.25) is 0 Å². The standard InChI is InChI=1S/C18H14ClFN4O4S/c1-2-21-15-7-8-16(13-6-4-3-5-12(13)15)22-23-18-14(19)9-11(29(20,27)28)10-17(18)24(25)26/h3-10,21H,2H2,1H3/b23-22+. The van der Waals surface area contributed by atoms with Crippen molar-refractivity contribution in [3.05, 3.63) is 63.7 Å². The molecule has 150 valence electrons. The lowest BCUT2D eigenvalue weighted by Gasteiger charge is -2.09. The van der Waals surface area contributed by atoms with Gasteiger partial charge in [0, 0.05) is 29.1 Å². The van der Waals surface area contributed by atoms with Gasteiger partial charge in [-0.05, 0) is 25.1 Å². The first-order chi connectivity index (χ1) is 13.7. The first-order valence-corrected chi connectivity index (χ1v) is 10.1. The highest BCUT2D eigenvalue weighted by atomic mass is 35.5. The minimum atomic E-state index is -5.17. The quantitative estimate of drug-likeness (QED) is 0.223. The Balaban J connectivity index is 2.14. The fourth-order valence-corrected chi connectivity index (χ4v) is 3.59. The number of nitro groups is 1. The maximum absolute atomic E-state index is 13.2. The molecule has 0 saturated carbocycles. The van der Waals surface area contributed by atoms with Crippen molar-refractivity contribution in [3.63, 3.8) is 0 Å². The average Bonchev–Trinajstić information content (AvgIpc) is 2.67. The van der Waals surface area contributed by atoms with Crippen molar-refractivity contribution in [1.29, 1.82) is 0 Å². The smallest absolute Gasteiger partial charge is 0.332 e. The molecular formula is C18H14ClFN4O4S. The largest absolute Gasteiger partial charge is 0.385 e. The van der Waals surface area contributed by atoms with Crippen LogP contribution >= 0.6 is 11.6 Å². The van der Waals surface area contributed by atoms with E-state index in [2.05, 4.69) is 15.5 Å². The number of nitro benzene ring substituents is 1. The average molecular weight is 437 g/mol. The van der Waals surface area contributed by atoms with Gasteiger partial charge in [-0.25, -0.2) is 0 Å². The Morgan fingerprint density at radius 1 is 1.14 bits per heavy atom. The fraction of sp³-hybridized carbons (Fsp3) is 0.111. The molecule has 0 spiro atoms. The normalized spacial score (nSPS) is 11.8. The molecule has 3 aromatic carbocycles. The Morgan fingerprint density at radius 2 is 1.83 bits per heavy atom. The van der Waals surface area contributed by atoms with Gasteiger partial charge in [-0.3, -0.25) is 10.1 Å². The van der Waals surface area contributed by atoms with Gasteiger partial charge >= 0.3 is 10.2 Å². The summed E-state index contributed by atoms with van der Waals surface area (Å²) < 4.78 is 35.4. The van der Waals surface area contributed by atoms with Crippen LogP contribution in [0.3, 0.4) is 0 Å². The molecule has 3 rings (SSSR count). The zero-order chi connectivity index (χ0) is 21.2. The highest BCUT2D eigenvalue weighted by Gasteiger charge is 2.24. The third-order valence-electron chi connectivity index (χ3n) is 4.02. The lowest BCUT2D eigenvalue weighted by atomic mass is 10.1. The molecule has 11 heteroatoms. The minimum Gasteiger partial charge on any atom is -0.385 e. The number of benzene rings is 3. The predicted octanol–water partition coefficient (Wildman–Crippen LogP) is 5.91. The molecule has 0 bridgehead atoms. The number of nitrogens with zero attached hydrogens (tertiary/aromatic N) is 3. The van der Waals surface area contributed by atoms with E-state index >= 15 is 0 Å². The van der Waals surface area contributed by atoms with Gasteiger partial charge in [0.05, 0.1) is 15.6 Å². The molecule has 29 heavy (non-hydrogen) atoms. The Morgan fingerprint density at radius 3 is 2.45 bits per heavy atom. The van der Waals surface area contributed by atoms with Gasteiger partial charge in [0.1, 0.15) is 4.90 Å². The van der Waals surface area contributed by atoms with Crippen LogP contribution < -0.4 is 5.32 Å². The van der Waals surface area contributed by atoms with Gasteiger partial charge in [-0.15, -0.1) is 14.1 Å². The highest BCUT2D eigenvalue weighted by Crippen LogP contribution is 2.40. The number of anilines is 1. The summed E-state index contributed by atoms with van der Waals surface area (Å²) in [5.74, 6) is 0. The molecule has 0 radical (unpaired) electrons. The maximum atomic E-state index is 13.2. The topological polar surface area (TPSA) is 114 Å². The Hall–Kier alpha value is -3.11. The van der Waals surface area contributed by atoms with Crippen LogP contribution in [0, 0.1) is 10.1 Å². The van der Waals surface area contributed by atoms with Gasteiger partial charge in [-0.1, -0.05) is 35.9 Å². The number of hydrogen-bond acceptors (Lipinski definition) is 7. The van der Waals surface area contributed by atoms with E-state index in [1.165, 1.54) is 0 Å². The third-order valence-corrected chi connectivity index (χ3v) is 5.11. The molecule has 1 N–H and O–H groups in total. The summed E-state index contributed by atoms with van der Waals surface area (Å²) in [6.45, 7) is 2.68. The number of halogens is 2. The van der Waals surface area contributed by atoms with Gasteiger partial charge in [-0.2, -0.15) is 8.42 Å². The molecule has 0 fully saturated rings. The zero-order valence-corrected chi connectivity index (χ0v) is 16.5. The van der Waals surface area contributed by atoms with Crippen molar-refractivity contribution in [1.82, 2.24) is 0 Å². The van der Waals surface area contributed by atoms with Gasteiger partial charge in [0.25, 0.3) is 5.69 Å². The van der Waals surface area contributed by atoms with E-state index < -0.39 is 30.8 Å². The molecule has 0 amide bonds. The van der Waals surface area contributed by atoms with Crippen molar-refractivity contribution in [2.75, 3.05) is 11.9 Å². The number of fused-ring (bicyclic) bond motifs is 1. The second-order valence-electron chi connectivity index (χ2n) is 5.88. The molecule has 3 aromatic rings. The molecule has 0 aliphatic rings. The first kappa shape index (κ1) is 20.6. The maximum Gasteiger partial charge on any atom is 0.332 e. The highest BCUT2D eigenvalue weighted by molar-refractivity contribution is 7.86. The lowest BCUT2D eigenvalue weighted by molar-refractivity contribution is -0.384. The Labute approximate surface area is 170 Å². The van der Waals surface area contributed by atoms with E-state index in [1.807, 2.05) is 31.2 Å². The molecule has 8 nitrogen and oxygen atoms in total. The second-order valence-corrected chi connectivity index (χ2v) is 7.63. The molecule has 0 aliphatic heterocycles. The van der Waals surface area contributed by atoms with Crippen LogP contribution in [0.15, 0.2) is 63.7 Å². The number of rotatable bonds is 6. The minimum absolute atomic E-state index is 0.371. The van der Waals surface area contributed by atoms with Gasteiger partial charge < -0.3 is 5.32 Å².